The summed E-state index contributed by atoms with van der Waals surface area (Å²) in [5.41, 5.74) is 7.47. The fourth-order valence-electron chi connectivity index (χ4n) is 1.78. The Labute approximate surface area is 121 Å². The first-order chi connectivity index (χ1) is 10.1. The van der Waals surface area contributed by atoms with E-state index < -0.39 is 11.9 Å². The van der Waals surface area contributed by atoms with E-state index in [1.54, 1.807) is 19.1 Å². The summed E-state index contributed by atoms with van der Waals surface area (Å²) in [4.78, 5) is 23.0. The molecule has 0 aliphatic carbocycles. The Kier molecular flexibility index (Phi) is 4.22. The number of carbonyl (C=O) groups is 2. The summed E-state index contributed by atoms with van der Waals surface area (Å²) in [6, 6.07) is 4.69. The van der Waals surface area contributed by atoms with Crippen molar-refractivity contribution >= 4 is 17.6 Å². The Morgan fingerprint density at radius 1 is 1.29 bits per heavy atom. The number of carbonyl (C=O) groups excluding carboxylic acids is 2. The van der Waals surface area contributed by atoms with Crippen molar-refractivity contribution < 1.29 is 19.1 Å². The number of nitrogen functional groups attached to an aromatic ring is 1. The smallest absolute Gasteiger partial charge is 0.341 e. The third-order valence-electron chi connectivity index (χ3n) is 2.79. The first kappa shape index (κ1) is 14.6. The van der Waals surface area contributed by atoms with Gasteiger partial charge in [0.2, 0.25) is 0 Å². The number of hydrogen-bond donors (Lipinski definition) is 1. The number of methoxy groups -OCH3 is 1. The van der Waals surface area contributed by atoms with Gasteiger partial charge in [-0.05, 0) is 25.1 Å². The molecule has 0 aliphatic rings. The Bertz CT molecular complexity index is 679. The second-order valence-corrected chi connectivity index (χ2v) is 4.16. The highest BCUT2D eigenvalue weighted by molar-refractivity contribution is 5.91. The highest BCUT2D eigenvalue weighted by Gasteiger charge is 2.13. The van der Waals surface area contributed by atoms with Gasteiger partial charge in [0.1, 0.15) is 0 Å². The molecule has 1 aromatic heterocycles. The van der Waals surface area contributed by atoms with Crippen LogP contribution in [0.1, 0.15) is 27.6 Å². The zero-order chi connectivity index (χ0) is 15.4. The maximum absolute atomic E-state index is 11.6. The Hall–Kier alpha value is -2.83. The average molecular weight is 289 g/mol. The molecule has 0 saturated heterocycles. The Balaban J connectivity index is 2.30. The van der Waals surface area contributed by atoms with E-state index in [1.807, 2.05) is 0 Å². The standard InChI is InChI=1S/C14H15N3O4/c1-3-21-14(19)10-7-16-17(8-10)12-5-4-9(6-11(12)15)13(18)20-2/h4-8H,3,15H2,1-2H3. The topological polar surface area (TPSA) is 96.4 Å². The lowest BCUT2D eigenvalue weighted by atomic mass is 10.2. The van der Waals surface area contributed by atoms with Gasteiger partial charge < -0.3 is 15.2 Å². The van der Waals surface area contributed by atoms with E-state index in [9.17, 15) is 9.59 Å². The minimum Gasteiger partial charge on any atom is -0.465 e. The molecule has 2 N–H and O–H groups in total. The zero-order valence-electron chi connectivity index (χ0n) is 11.7. The summed E-state index contributed by atoms with van der Waals surface area (Å²) >= 11 is 0. The van der Waals surface area contributed by atoms with Gasteiger partial charge in [0.25, 0.3) is 0 Å². The number of rotatable bonds is 4. The predicted molar refractivity (Wildman–Crippen MR) is 75.3 cm³/mol. The second-order valence-electron chi connectivity index (χ2n) is 4.16. The van der Waals surface area contributed by atoms with Gasteiger partial charge in [0.15, 0.2) is 0 Å². The number of nitrogens with zero attached hydrogens (tertiary/aromatic N) is 2. The predicted octanol–water partition coefficient (Wildman–Crippen LogP) is 1.42. The van der Waals surface area contributed by atoms with E-state index in [4.69, 9.17) is 10.5 Å². The molecule has 0 unspecified atom stereocenters. The van der Waals surface area contributed by atoms with Crippen molar-refractivity contribution in [3.05, 3.63) is 41.7 Å². The molecule has 0 aliphatic heterocycles. The quantitative estimate of drug-likeness (QED) is 0.675. The van der Waals surface area contributed by atoms with Crippen molar-refractivity contribution in [1.29, 1.82) is 0 Å². The van der Waals surface area contributed by atoms with E-state index in [0.717, 1.165) is 0 Å². The van der Waals surface area contributed by atoms with E-state index in [0.29, 0.717) is 29.1 Å². The van der Waals surface area contributed by atoms with E-state index in [2.05, 4.69) is 9.84 Å². The van der Waals surface area contributed by atoms with Crippen molar-refractivity contribution in [2.24, 2.45) is 0 Å². The van der Waals surface area contributed by atoms with Crippen molar-refractivity contribution in [3.63, 3.8) is 0 Å². The zero-order valence-corrected chi connectivity index (χ0v) is 11.7. The molecule has 1 aromatic carbocycles. The minimum atomic E-state index is -0.471. The molecule has 7 heteroatoms. The van der Waals surface area contributed by atoms with Crippen molar-refractivity contribution in [2.75, 3.05) is 19.5 Å². The molecular weight excluding hydrogens is 274 g/mol. The van der Waals surface area contributed by atoms with Gasteiger partial charge in [-0.15, -0.1) is 0 Å². The molecule has 0 fully saturated rings. The van der Waals surface area contributed by atoms with Crippen molar-refractivity contribution in [1.82, 2.24) is 9.78 Å². The van der Waals surface area contributed by atoms with Gasteiger partial charge in [-0.25, -0.2) is 14.3 Å². The fourth-order valence-corrected chi connectivity index (χ4v) is 1.78. The van der Waals surface area contributed by atoms with Crippen LogP contribution in [0.5, 0.6) is 0 Å². The highest BCUT2D eigenvalue weighted by atomic mass is 16.5. The van der Waals surface area contributed by atoms with Gasteiger partial charge in [-0.2, -0.15) is 5.10 Å². The maximum Gasteiger partial charge on any atom is 0.341 e. The van der Waals surface area contributed by atoms with Crippen LogP contribution in [0.25, 0.3) is 5.69 Å². The molecule has 110 valence electrons. The summed E-state index contributed by atoms with van der Waals surface area (Å²) in [6.07, 6.45) is 2.91. The van der Waals surface area contributed by atoms with E-state index >= 15 is 0 Å². The number of aromatic nitrogens is 2. The molecule has 0 saturated carbocycles. The SMILES string of the molecule is CCOC(=O)c1cnn(-c2ccc(C(=O)OC)cc2N)c1. The molecule has 2 aromatic rings. The summed E-state index contributed by atoms with van der Waals surface area (Å²) in [7, 11) is 1.30. The van der Waals surface area contributed by atoms with E-state index in [-0.39, 0.29) is 0 Å². The number of benzene rings is 1. The summed E-state index contributed by atoms with van der Waals surface area (Å²) in [5.74, 6) is -0.922. The molecular formula is C14H15N3O4. The lowest BCUT2D eigenvalue weighted by Gasteiger charge is -2.07. The average Bonchev–Trinajstić information content (AvgIpc) is 2.96. The summed E-state index contributed by atoms with van der Waals surface area (Å²) in [5, 5.41) is 4.06. The van der Waals surface area contributed by atoms with Crippen LogP contribution in [0, 0.1) is 0 Å². The van der Waals surface area contributed by atoms with E-state index in [1.165, 1.54) is 30.3 Å². The Morgan fingerprint density at radius 3 is 2.67 bits per heavy atom. The summed E-state index contributed by atoms with van der Waals surface area (Å²) in [6.45, 7) is 2.02. The molecule has 0 atom stereocenters. The van der Waals surface area contributed by atoms with Gasteiger partial charge in [-0.3, -0.25) is 0 Å². The van der Waals surface area contributed by atoms with Crippen LogP contribution in [0.15, 0.2) is 30.6 Å². The van der Waals surface area contributed by atoms with Gasteiger partial charge in [0, 0.05) is 6.20 Å². The molecule has 0 bridgehead atoms. The van der Waals surface area contributed by atoms with Crippen LogP contribution >= 0.6 is 0 Å². The number of hydrogen-bond acceptors (Lipinski definition) is 6. The maximum atomic E-state index is 11.6. The fraction of sp³-hybridized carbons (Fsp3) is 0.214. The molecule has 2 rings (SSSR count). The lowest BCUT2D eigenvalue weighted by Crippen LogP contribution is -2.06. The number of nitrogens with two attached hydrogens (primary N) is 1. The second kappa shape index (κ2) is 6.08. The lowest BCUT2D eigenvalue weighted by molar-refractivity contribution is 0.0525. The molecule has 0 radical (unpaired) electrons. The van der Waals surface area contributed by atoms with Crippen LogP contribution < -0.4 is 5.73 Å². The highest BCUT2D eigenvalue weighted by Crippen LogP contribution is 2.19. The normalized spacial score (nSPS) is 10.2. The molecule has 7 nitrogen and oxygen atoms in total. The first-order valence-corrected chi connectivity index (χ1v) is 6.26. The number of esters is 2. The largest absolute Gasteiger partial charge is 0.465 e. The number of anilines is 1. The van der Waals surface area contributed by atoms with Crippen molar-refractivity contribution in [3.8, 4) is 5.69 Å². The van der Waals surface area contributed by atoms with Gasteiger partial charge in [-0.1, -0.05) is 0 Å². The molecule has 0 spiro atoms. The van der Waals surface area contributed by atoms with Gasteiger partial charge in [0.05, 0.1) is 42.4 Å². The third-order valence-corrected chi connectivity index (χ3v) is 2.79. The van der Waals surface area contributed by atoms with Crippen LogP contribution in [0.4, 0.5) is 5.69 Å². The monoisotopic (exact) mass is 289 g/mol. The van der Waals surface area contributed by atoms with Gasteiger partial charge >= 0.3 is 11.9 Å². The summed E-state index contributed by atoms with van der Waals surface area (Å²) < 4.78 is 11.0. The number of ether oxygens (including phenoxy) is 2. The van der Waals surface area contributed by atoms with Crippen LogP contribution in [0.3, 0.4) is 0 Å². The first-order valence-electron chi connectivity index (χ1n) is 6.26. The minimum absolute atomic E-state index is 0.292. The van der Waals surface area contributed by atoms with Crippen molar-refractivity contribution in [2.45, 2.75) is 6.92 Å². The van der Waals surface area contributed by atoms with Crippen LogP contribution in [-0.4, -0.2) is 35.4 Å². The third kappa shape index (κ3) is 3.02. The molecule has 1 heterocycles. The van der Waals surface area contributed by atoms with Crippen LogP contribution in [-0.2, 0) is 9.47 Å². The Morgan fingerprint density at radius 2 is 2.05 bits per heavy atom. The van der Waals surface area contributed by atoms with Crippen LogP contribution in [0.2, 0.25) is 0 Å². The molecule has 0 amide bonds. The molecule has 21 heavy (non-hydrogen) atoms.